The van der Waals surface area contributed by atoms with Gasteiger partial charge in [-0.3, -0.25) is 0 Å². The van der Waals surface area contributed by atoms with E-state index in [4.69, 9.17) is 5.73 Å². The zero-order chi connectivity index (χ0) is 12.7. The first-order chi connectivity index (χ1) is 8.11. The predicted molar refractivity (Wildman–Crippen MR) is 75.0 cm³/mol. The van der Waals surface area contributed by atoms with Crippen LogP contribution in [-0.2, 0) is 6.42 Å². The molecule has 0 spiro atoms. The molecule has 0 aliphatic carbocycles. The molecule has 96 valence electrons. The Kier molecular flexibility index (Phi) is 6.73. The van der Waals surface area contributed by atoms with E-state index in [0.717, 1.165) is 17.4 Å². The van der Waals surface area contributed by atoms with Crippen LogP contribution in [-0.4, -0.2) is 42.8 Å². The average Bonchev–Trinajstić information content (AvgIpc) is 2.27. The molecule has 1 unspecified atom stereocenters. The second-order valence-electron chi connectivity index (χ2n) is 4.37. The molecule has 3 N–H and O–H groups in total. The summed E-state index contributed by atoms with van der Waals surface area (Å²) in [6, 6.07) is 8.32. The SMILES string of the molecule is CN(CCc1cccc(Br)c1)CC(O)CCN. The first kappa shape index (κ1) is 14.6. The molecule has 1 atom stereocenters. The number of nitrogens with two attached hydrogens (primary N) is 1. The number of nitrogens with zero attached hydrogens (tertiary/aromatic N) is 1. The fourth-order valence-electron chi connectivity index (χ4n) is 1.75. The Hall–Kier alpha value is -0.420. The topological polar surface area (TPSA) is 49.5 Å². The highest BCUT2D eigenvalue weighted by Crippen LogP contribution is 2.12. The van der Waals surface area contributed by atoms with Gasteiger partial charge < -0.3 is 15.7 Å². The van der Waals surface area contributed by atoms with Gasteiger partial charge in [-0.2, -0.15) is 0 Å². The third-order valence-electron chi connectivity index (χ3n) is 2.69. The van der Waals surface area contributed by atoms with Gasteiger partial charge in [-0.15, -0.1) is 0 Å². The molecule has 0 bridgehead atoms. The lowest BCUT2D eigenvalue weighted by molar-refractivity contribution is 0.120. The smallest absolute Gasteiger partial charge is 0.0679 e. The molecule has 1 rings (SSSR count). The van der Waals surface area contributed by atoms with Crippen LogP contribution in [0.2, 0.25) is 0 Å². The van der Waals surface area contributed by atoms with Gasteiger partial charge in [0.2, 0.25) is 0 Å². The number of aliphatic hydroxyl groups is 1. The molecule has 0 saturated carbocycles. The minimum Gasteiger partial charge on any atom is -0.392 e. The lowest BCUT2D eigenvalue weighted by Gasteiger charge is -2.20. The molecule has 0 aromatic heterocycles. The number of hydrogen-bond acceptors (Lipinski definition) is 3. The van der Waals surface area contributed by atoms with E-state index >= 15 is 0 Å². The fraction of sp³-hybridized carbons (Fsp3) is 0.538. The Bertz CT molecular complexity index is 333. The van der Waals surface area contributed by atoms with Crippen LogP contribution in [0.25, 0.3) is 0 Å². The Morgan fingerprint density at radius 1 is 1.47 bits per heavy atom. The summed E-state index contributed by atoms with van der Waals surface area (Å²) in [4.78, 5) is 2.14. The monoisotopic (exact) mass is 300 g/mol. The van der Waals surface area contributed by atoms with Crippen molar-refractivity contribution in [3.8, 4) is 0 Å². The molecule has 17 heavy (non-hydrogen) atoms. The van der Waals surface area contributed by atoms with Crippen molar-refractivity contribution >= 4 is 15.9 Å². The number of rotatable bonds is 7. The van der Waals surface area contributed by atoms with Crippen molar-refractivity contribution in [3.63, 3.8) is 0 Å². The van der Waals surface area contributed by atoms with E-state index in [1.54, 1.807) is 0 Å². The summed E-state index contributed by atoms with van der Waals surface area (Å²) in [5, 5.41) is 9.63. The third-order valence-corrected chi connectivity index (χ3v) is 3.19. The zero-order valence-corrected chi connectivity index (χ0v) is 11.9. The average molecular weight is 301 g/mol. The van der Waals surface area contributed by atoms with Crippen LogP contribution in [0.5, 0.6) is 0 Å². The molecule has 4 heteroatoms. The standard InChI is InChI=1S/C13H21BrN2O/c1-16(10-13(17)5-7-15)8-6-11-3-2-4-12(14)9-11/h2-4,9,13,17H,5-8,10,15H2,1H3. The number of halogens is 1. The van der Waals surface area contributed by atoms with Crippen LogP contribution in [0.3, 0.4) is 0 Å². The minimum atomic E-state index is -0.312. The lowest BCUT2D eigenvalue weighted by Crippen LogP contribution is -2.32. The molecule has 1 aromatic rings. The van der Waals surface area contributed by atoms with Gasteiger partial charge in [-0.25, -0.2) is 0 Å². The number of benzene rings is 1. The van der Waals surface area contributed by atoms with Crippen LogP contribution in [0.1, 0.15) is 12.0 Å². The van der Waals surface area contributed by atoms with Gasteiger partial charge in [0, 0.05) is 17.6 Å². The van der Waals surface area contributed by atoms with E-state index < -0.39 is 0 Å². The molecule has 0 aliphatic rings. The van der Waals surface area contributed by atoms with Gasteiger partial charge in [0.25, 0.3) is 0 Å². The van der Waals surface area contributed by atoms with E-state index in [2.05, 4.69) is 33.0 Å². The quantitative estimate of drug-likeness (QED) is 0.805. The number of hydrogen-bond donors (Lipinski definition) is 2. The summed E-state index contributed by atoms with van der Waals surface area (Å²) in [7, 11) is 2.03. The highest BCUT2D eigenvalue weighted by atomic mass is 79.9. The maximum Gasteiger partial charge on any atom is 0.0679 e. The highest BCUT2D eigenvalue weighted by molar-refractivity contribution is 9.10. The summed E-state index contributed by atoms with van der Waals surface area (Å²) in [5.41, 5.74) is 6.71. The van der Waals surface area contributed by atoms with Crippen LogP contribution in [0.15, 0.2) is 28.7 Å². The normalized spacial score (nSPS) is 13.0. The van der Waals surface area contributed by atoms with Crippen molar-refractivity contribution in [1.29, 1.82) is 0 Å². The molecule has 1 aromatic carbocycles. The largest absolute Gasteiger partial charge is 0.392 e. The van der Waals surface area contributed by atoms with Crippen molar-refractivity contribution in [2.75, 3.05) is 26.7 Å². The molecular weight excluding hydrogens is 280 g/mol. The third kappa shape index (κ3) is 6.17. The van der Waals surface area contributed by atoms with Crippen LogP contribution in [0, 0.1) is 0 Å². The Balaban J connectivity index is 2.30. The predicted octanol–water partition coefficient (Wildman–Crippen LogP) is 1.63. The second kappa shape index (κ2) is 7.82. The minimum absolute atomic E-state index is 0.312. The highest BCUT2D eigenvalue weighted by Gasteiger charge is 2.07. The molecule has 3 nitrogen and oxygen atoms in total. The van der Waals surface area contributed by atoms with Gasteiger partial charge in [-0.05, 0) is 44.1 Å². The van der Waals surface area contributed by atoms with Crippen LogP contribution >= 0.6 is 15.9 Å². The van der Waals surface area contributed by atoms with Crippen LogP contribution < -0.4 is 5.73 Å². The number of aliphatic hydroxyl groups excluding tert-OH is 1. The number of likely N-dealkylation sites (N-methyl/N-ethyl adjacent to an activating group) is 1. The maximum absolute atomic E-state index is 9.63. The summed E-state index contributed by atoms with van der Waals surface area (Å²) in [6.07, 6.45) is 1.35. The summed E-state index contributed by atoms with van der Waals surface area (Å²) in [5.74, 6) is 0. The summed E-state index contributed by atoms with van der Waals surface area (Å²) < 4.78 is 1.11. The Labute approximate surface area is 112 Å². The van der Waals surface area contributed by atoms with Crippen molar-refractivity contribution in [3.05, 3.63) is 34.3 Å². The van der Waals surface area contributed by atoms with Crippen molar-refractivity contribution in [1.82, 2.24) is 4.90 Å². The fourth-order valence-corrected chi connectivity index (χ4v) is 2.19. The summed E-state index contributed by atoms with van der Waals surface area (Å²) in [6.45, 7) is 2.17. The van der Waals surface area contributed by atoms with E-state index in [1.807, 2.05) is 19.2 Å². The van der Waals surface area contributed by atoms with Gasteiger partial charge in [0.05, 0.1) is 6.10 Å². The van der Waals surface area contributed by atoms with E-state index in [-0.39, 0.29) is 6.10 Å². The van der Waals surface area contributed by atoms with Gasteiger partial charge in [-0.1, -0.05) is 28.1 Å². The Morgan fingerprint density at radius 3 is 2.88 bits per heavy atom. The first-order valence-corrected chi connectivity index (χ1v) is 6.72. The molecule has 0 aliphatic heterocycles. The lowest BCUT2D eigenvalue weighted by atomic mass is 10.1. The van der Waals surface area contributed by atoms with E-state index in [9.17, 15) is 5.11 Å². The van der Waals surface area contributed by atoms with Crippen LogP contribution in [0.4, 0.5) is 0 Å². The molecule has 0 fully saturated rings. The molecule has 0 amide bonds. The van der Waals surface area contributed by atoms with Gasteiger partial charge in [0.15, 0.2) is 0 Å². The first-order valence-electron chi connectivity index (χ1n) is 5.93. The molecule has 0 saturated heterocycles. The van der Waals surface area contributed by atoms with Crippen molar-refractivity contribution in [2.24, 2.45) is 5.73 Å². The maximum atomic E-state index is 9.63. The second-order valence-corrected chi connectivity index (χ2v) is 5.29. The Morgan fingerprint density at radius 2 is 2.24 bits per heavy atom. The van der Waals surface area contributed by atoms with Crippen molar-refractivity contribution < 1.29 is 5.11 Å². The van der Waals surface area contributed by atoms with E-state index in [1.165, 1.54) is 5.56 Å². The van der Waals surface area contributed by atoms with Gasteiger partial charge in [0.1, 0.15) is 0 Å². The van der Waals surface area contributed by atoms with Gasteiger partial charge >= 0.3 is 0 Å². The molecule has 0 heterocycles. The zero-order valence-electron chi connectivity index (χ0n) is 10.3. The molecular formula is C13H21BrN2O. The molecule has 0 radical (unpaired) electrons. The van der Waals surface area contributed by atoms with E-state index in [0.29, 0.717) is 19.5 Å². The van der Waals surface area contributed by atoms with Crippen molar-refractivity contribution in [2.45, 2.75) is 18.9 Å². The summed E-state index contributed by atoms with van der Waals surface area (Å²) >= 11 is 3.46.